The van der Waals surface area contributed by atoms with Crippen molar-refractivity contribution in [3.63, 3.8) is 0 Å². The van der Waals surface area contributed by atoms with Gasteiger partial charge in [0.15, 0.2) is 5.11 Å². The zero-order valence-corrected chi connectivity index (χ0v) is 16.8. The van der Waals surface area contributed by atoms with Crippen molar-refractivity contribution in [3.05, 3.63) is 58.6 Å². The summed E-state index contributed by atoms with van der Waals surface area (Å²) in [6.45, 7) is 7.07. The number of likely N-dealkylation sites (N-methyl/N-ethyl adjacent to an activating group) is 1. The Labute approximate surface area is 166 Å². The second-order valence-corrected chi connectivity index (χ2v) is 7.54. The maximum absolute atomic E-state index is 6.15. The first-order valence-corrected chi connectivity index (χ1v) is 9.63. The summed E-state index contributed by atoms with van der Waals surface area (Å²) in [4.78, 5) is 4.80. The number of halogens is 1. The van der Waals surface area contributed by atoms with Gasteiger partial charge >= 0.3 is 0 Å². The van der Waals surface area contributed by atoms with Gasteiger partial charge in [0.2, 0.25) is 0 Å². The highest BCUT2D eigenvalue weighted by Crippen LogP contribution is 2.20. The normalized spacial score (nSPS) is 15.0. The van der Waals surface area contributed by atoms with Gasteiger partial charge in [0, 0.05) is 49.1 Å². The lowest BCUT2D eigenvalue weighted by molar-refractivity contribution is 0.313. The van der Waals surface area contributed by atoms with Crippen LogP contribution >= 0.6 is 23.8 Å². The van der Waals surface area contributed by atoms with Gasteiger partial charge in [-0.05, 0) is 61.6 Å². The quantitative estimate of drug-likeness (QED) is 0.776. The SMILES string of the molecule is Cc1ccc(NC(=S)NCc2ccc(N3CCN(C)CC3)cc2)cc1Cl. The van der Waals surface area contributed by atoms with Gasteiger partial charge in [-0.3, -0.25) is 0 Å². The van der Waals surface area contributed by atoms with Crippen molar-refractivity contribution in [2.24, 2.45) is 0 Å². The molecule has 1 fully saturated rings. The minimum atomic E-state index is 0.591. The third-order valence-electron chi connectivity index (χ3n) is 4.69. The molecule has 2 aromatic carbocycles. The first kappa shape index (κ1) is 19.0. The van der Waals surface area contributed by atoms with Gasteiger partial charge in [0.05, 0.1) is 0 Å². The molecule has 0 unspecified atom stereocenters. The van der Waals surface area contributed by atoms with Gasteiger partial charge in [-0.1, -0.05) is 29.8 Å². The van der Waals surface area contributed by atoms with E-state index in [0.717, 1.165) is 42.5 Å². The zero-order valence-electron chi connectivity index (χ0n) is 15.3. The molecule has 0 amide bonds. The number of thiocarbonyl (C=S) groups is 1. The molecule has 1 saturated heterocycles. The van der Waals surface area contributed by atoms with Crippen molar-refractivity contribution in [1.82, 2.24) is 10.2 Å². The first-order chi connectivity index (χ1) is 12.5. The van der Waals surface area contributed by atoms with Crippen molar-refractivity contribution in [2.45, 2.75) is 13.5 Å². The van der Waals surface area contributed by atoms with Gasteiger partial charge in [0.25, 0.3) is 0 Å². The maximum atomic E-state index is 6.15. The number of nitrogens with zero attached hydrogens (tertiary/aromatic N) is 2. The number of aryl methyl sites for hydroxylation is 1. The second kappa shape index (κ2) is 8.71. The molecule has 0 radical (unpaired) electrons. The highest BCUT2D eigenvalue weighted by Gasteiger charge is 2.13. The Balaban J connectivity index is 1.49. The smallest absolute Gasteiger partial charge is 0.171 e. The molecule has 1 aliphatic rings. The van der Waals surface area contributed by atoms with Crippen LogP contribution in [0.3, 0.4) is 0 Å². The number of rotatable bonds is 4. The maximum Gasteiger partial charge on any atom is 0.171 e. The van der Waals surface area contributed by atoms with E-state index in [2.05, 4.69) is 51.7 Å². The summed E-state index contributed by atoms with van der Waals surface area (Å²) < 4.78 is 0. The zero-order chi connectivity index (χ0) is 18.5. The van der Waals surface area contributed by atoms with E-state index in [0.29, 0.717) is 11.7 Å². The van der Waals surface area contributed by atoms with Crippen LogP contribution in [-0.4, -0.2) is 43.2 Å². The molecule has 0 bridgehead atoms. The Morgan fingerprint density at radius 2 is 1.77 bits per heavy atom. The molecule has 2 N–H and O–H groups in total. The summed E-state index contributed by atoms with van der Waals surface area (Å²) in [5.74, 6) is 0. The number of benzene rings is 2. The van der Waals surface area contributed by atoms with Crippen molar-refractivity contribution in [2.75, 3.05) is 43.4 Å². The van der Waals surface area contributed by atoms with Crippen molar-refractivity contribution < 1.29 is 0 Å². The lowest BCUT2D eigenvalue weighted by Gasteiger charge is -2.34. The second-order valence-electron chi connectivity index (χ2n) is 6.73. The largest absolute Gasteiger partial charge is 0.369 e. The molecule has 2 aromatic rings. The van der Waals surface area contributed by atoms with Crippen LogP contribution in [-0.2, 0) is 6.54 Å². The lowest BCUT2D eigenvalue weighted by atomic mass is 10.2. The fraction of sp³-hybridized carbons (Fsp3) is 0.350. The topological polar surface area (TPSA) is 30.5 Å². The molecule has 6 heteroatoms. The molecule has 0 aromatic heterocycles. The molecule has 0 spiro atoms. The van der Waals surface area contributed by atoms with Crippen LogP contribution in [0.2, 0.25) is 5.02 Å². The monoisotopic (exact) mass is 388 g/mol. The molecule has 0 atom stereocenters. The Morgan fingerprint density at radius 3 is 2.42 bits per heavy atom. The number of hydrogen-bond acceptors (Lipinski definition) is 3. The third kappa shape index (κ3) is 5.10. The molecule has 0 saturated carbocycles. The summed E-state index contributed by atoms with van der Waals surface area (Å²) in [6, 6.07) is 14.5. The van der Waals surface area contributed by atoms with Gasteiger partial charge in [-0.2, -0.15) is 0 Å². The Bertz CT molecular complexity index is 755. The van der Waals surface area contributed by atoms with Crippen molar-refractivity contribution in [1.29, 1.82) is 0 Å². The molecule has 4 nitrogen and oxygen atoms in total. The fourth-order valence-electron chi connectivity index (χ4n) is 2.92. The molecule has 0 aliphatic carbocycles. The minimum Gasteiger partial charge on any atom is -0.369 e. The van der Waals surface area contributed by atoms with Crippen LogP contribution in [0.25, 0.3) is 0 Å². The number of anilines is 2. The van der Waals surface area contributed by atoms with Crippen molar-refractivity contribution in [3.8, 4) is 0 Å². The summed E-state index contributed by atoms with van der Waals surface area (Å²) in [5.41, 5.74) is 4.44. The molecular formula is C20H25ClN4S. The van der Waals surface area contributed by atoms with Crippen LogP contribution in [0.15, 0.2) is 42.5 Å². The average Bonchev–Trinajstić information content (AvgIpc) is 2.64. The van der Waals surface area contributed by atoms with E-state index in [-0.39, 0.29) is 0 Å². The molecule has 138 valence electrons. The predicted octanol–water partition coefficient (Wildman–Crippen LogP) is 3.89. The fourth-order valence-corrected chi connectivity index (χ4v) is 3.29. The van der Waals surface area contributed by atoms with Crippen LogP contribution < -0.4 is 15.5 Å². The van der Waals surface area contributed by atoms with E-state index >= 15 is 0 Å². The van der Waals surface area contributed by atoms with Crippen molar-refractivity contribution >= 4 is 40.3 Å². The van der Waals surface area contributed by atoms with Crippen LogP contribution in [0, 0.1) is 6.92 Å². The lowest BCUT2D eigenvalue weighted by Crippen LogP contribution is -2.44. The van der Waals surface area contributed by atoms with E-state index in [1.807, 2.05) is 25.1 Å². The van der Waals surface area contributed by atoms with E-state index in [1.54, 1.807) is 0 Å². The van der Waals surface area contributed by atoms with Gasteiger partial charge in [-0.15, -0.1) is 0 Å². The molecule has 3 rings (SSSR count). The number of piperazine rings is 1. The Kier molecular flexibility index (Phi) is 6.35. The van der Waals surface area contributed by atoms with Gasteiger partial charge in [0.1, 0.15) is 0 Å². The predicted molar refractivity (Wildman–Crippen MR) is 115 cm³/mol. The minimum absolute atomic E-state index is 0.591. The molecule has 1 aliphatic heterocycles. The van der Waals surface area contributed by atoms with Crippen LogP contribution in [0.4, 0.5) is 11.4 Å². The van der Waals surface area contributed by atoms with E-state index in [4.69, 9.17) is 23.8 Å². The summed E-state index contributed by atoms with van der Waals surface area (Å²) in [5, 5.41) is 7.74. The standard InChI is InChI=1S/C20H25ClN4S/c1-15-3-6-17(13-19(15)21)23-20(26)22-14-16-4-7-18(8-5-16)25-11-9-24(2)10-12-25/h3-8,13H,9-12,14H2,1-2H3,(H2,22,23,26). The number of nitrogens with one attached hydrogen (secondary N) is 2. The molecule has 26 heavy (non-hydrogen) atoms. The number of hydrogen-bond donors (Lipinski definition) is 2. The molecular weight excluding hydrogens is 364 g/mol. The third-order valence-corrected chi connectivity index (χ3v) is 5.34. The first-order valence-electron chi connectivity index (χ1n) is 8.85. The average molecular weight is 389 g/mol. The van der Waals surface area contributed by atoms with Gasteiger partial charge < -0.3 is 20.4 Å². The van der Waals surface area contributed by atoms with Gasteiger partial charge in [-0.25, -0.2) is 0 Å². The Morgan fingerprint density at radius 1 is 1.08 bits per heavy atom. The van der Waals surface area contributed by atoms with Crippen LogP contribution in [0.1, 0.15) is 11.1 Å². The van der Waals surface area contributed by atoms with E-state index in [9.17, 15) is 0 Å². The van der Waals surface area contributed by atoms with E-state index < -0.39 is 0 Å². The van der Waals surface area contributed by atoms with E-state index in [1.165, 1.54) is 11.3 Å². The highest BCUT2D eigenvalue weighted by molar-refractivity contribution is 7.80. The molecule has 1 heterocycles. The Hall–Kier alpha value is -1.82. The summed E-state index contributed by atoms with van der Waals surface area (Å²) in [6.07, 6.45) is 0. The van der Waals surface area contributed by atoms with Crippen LogP contribution in [0.5, 0.6) is 0 Å². The highest BCUT2D eigenvalue weighted by atomic mass is 35.5. The summed E-state index contributed by atoms with van der Waals surface area (Å²) >= 11 is 11.5. The summed E-state index contributed by atoms with van der Waals surface area (Å²) in [7, 11) is 2.17.